The summed E-state index contributed by atoms with van der Waals surface area (Å²) in [5.41, 5.74) is 0.896. The Hall–Kier alpha value is -1.31. The maximum Gasteiger partial charge on any atom is 0.345 e. The number of carboxylic acid groups (broad SMARTS) is 1. The van der Waals surface area contributed by atoms with E-state index in [4.69, 9.17) is 5.11 Å². The summed E-state index contributed by atoms with van der Waals surface area (Å²) in [5.74, 6) is 5.23. The molecule has 17 heavy (non-hydrogen) atoms. The number of hydrogen-bond acceptors (Lipinski definition) is 2. The maximum atomic E-state index is 10.9. The molecule has 0 bridgehead atoms. The van der Waals surface area contributed by atoms with Crippen molar-refractivity contribution in [2.75, 3.05) is 5.33 Å². The van der Waals surface area contributed by atoms with Crippen molar-refractivity contribution in [1.29, 1.82) is 0 Å². The Morgan fingerprint density at radius 2 is 2.29 bits per heavy atom. The molecule has 2 aromatic rings. The van der Waals surface area contributed by atoms with Crippen LogP contribution < -0.4 is 0 Å². The Labute approximate surface area is 111 Å². The van der Waals surface area contributed by atoms with Crippen LogP contribution in [0.2, 0.25) is 0 Å². The van der Waals surface area contributed by atoms with Crippen molar-refractivity contribution >= 4 is 43.3 Å². The van der Waals surface area contributed by atoms with Gasteiger partial charge < -0.3 is 5.11 Å². The van der Waals surface area contributed by atoms with Crippen LogP contribution >= 0.6 is 27.3 Å². The Morgan fingerprint density at radius 3 is 3.00 bits per heavy atom. The van der Waals surface area contributed by atoms with E-state index in [0.29, 0.717) is 4.88 Å². The molecule has 0 radical (unpaired) electrons. The van der Waals surface area contributed by atoms with Crippen molar-refractivity contribution < 1.29 is 9.90 Å². The lowest BCUT2D eigenvalue weighted by Gasteiger charge is -1.92. The molecule has 2 nitrogen and oxygen atoms in total. The van der Waals surface area contributed by atoms with Crippen LogP contribution in [0.25, 0.3) is 10.1 Å². The van der Waals surface area contributed by atoms with Gasteiger partial charge in [-0.15, -0.1) is 11.3 Å². The number of benzene rings is 1. The number of alkyl halides is 1. The van der Waals surface area contributed by atoms with Gasteiger partial charge >= 0.3 is 5.97 Å². The number of carboxylic acids is 1. The summed E-state index contributed by atoms with van der Waals surface area (Å²) in [6.07, 6.45) is 0.784. The molecule has 0 aliphatic heterocycles. The van der Waals surface area contributed by atoms with Gasteiger partial charge in [-0.1, -0.05) is 33.8 Å². The van der Waals surface area contributed by atoms with Crippen LogP contribution in [0.5, 0.6) is 0 Å². The van der Waals surface area contributed by atoms with Crippen LogP contribution in [0.1, 0.15) is 21.7 Å². The van der Waals surface area contributed by atoms with Crippen molar-refractivity contribution in [3.63, 3.8) is 0 Å². The number of halogens is 1. The van der Waals surface area contributed by atoms with E-state index in [-0.39, 0.29) is 0 Å². The van der Waals surface area contributed by atoms with E-state index >= 15 is 0 Å². The first kappa shape index (κ1) is 12.2. The topological polar surface area (TPSA) is 37.3 Å². The lowest BCUT2D eigenvalue weighted by Crippen LogP contribution is -1.89. The van der Waals surface area contributed by atoms with E-state index in [2.05, 4.69) is 27.8 Å². The highest BCUT2D eigenvalue weighted by Gasteiger charge is 2.09. The Bertz CT molecular complexity index is 619. The van der Waals surface area contributed by atoms with Gasteiger partial charge in [0.2, 0.25) is 0 Å². The lowest BCUT2D eigenvalue weighted by molar-refractivity contribution is 0.0702. The van der Waals surface area contributed by atoms with Crippen LogP contribution in [-0.4, -0.2) is 16.4 Å². The molecule has 0 saturated carbocycles. The zero-order chi connectivity index (χ0) is 12.3. The van der Waals surface area contributed by atoms with Crippen LogP contribution in [0.3, 0.4) is 0 Å². The molecule has 0 aliphatic rings. The third kappa shape index (κ3) is 2.68. The van der Waals surface area contributed by atoms with Crippen LogP contribution in [0.4, 0.5) is 0 Å². The van der Waals surface area contributed by atoms with E-state index in [9.17, 15) is 4.79 Å². The van der Waals surface area contributed by atoms with Gasteiger partial charge in [-0.3, -0.25) is 0 Å². The van der Waals surface area contributed by atoms with Gasteiger partial charge in [0, 0.05) is 27.4 Å². The molecule has 0 saturated heterocycles. The first-order valence-electron chi connectivity index (χ1n) is 5.03. The fourth-order valence-corrected chi connectivity index (χ4v) is 2.60. The van der Waals surface area contributed by atoms with Gasteiger partial charge in [0.1, 0.15) is 4.88 Å². The zero-order valence-electron chi connectivity index (χ0n) is 8.87. The predicted octanol–water partition coefficient (Wildman–Crippen LogP) is 3.74. The van der Waals surface area contributed by atoms with Gasteiger partial charge in [0.05, 0.1) is 0 Å². The summed E-state index contributed by atoms with van der Waals surface area (Å²) in [5, 5.41) is 10.7. The summed E-state index contributed by atoms with van der Waals surface area (Å²) >= 11 is 4.60. The number of hydrogen-bond donors (Lipinski definition) is 1. The Kier molecular flexibility index (Phi) is 3.82. The first-order valence-corrected chi connectivity index (χ1v) is 6.97. The third-order valence-electron chi connectivity index (χ3n) is 2.21. The molecule has 0 unspecified atom stereocenters. The molecule has 1 aromatic heterocycles. The number of carbonyl (C=O) groups is 1. The summed E-state index contributed by atoms with van der Waals surface area (Å²) < 4.78 is 0.966. The van der Waals surface area contributed by atoms with Crippen LogP contribution in [0, 0.1) is 11.8 Å². The average molecular weight is 309 g/mol. The predicted molar refractivity (Wildman–Crippen MR) is 74.1 cm³/mol. The van der Waals surface area contributed by atoms with Gasteiger partial charge in [-0.25, -0.2) is 4.79 Å². The largest absolute Gasteiger partial charge is 0.477 e. The lowest BCUT2D eigenvalue weighted by atomic mass is 10.1. The molecule has 4 heteroatoms. The quantitative estimate of drug-likeness (QED) is 0.678. The molecule has 0 spiro atoms. The molecule has 86 valence electrons. The summed E-state index contributed by atoms with van der Waals surface area (Å²) in [7, 11) is 0. The molecule has 1 N–H and O–H groups in total. The van der Waals surface area contributed by atoms with E-state index in [0.717, 1.165) is 27.4 Å². The van der Waals surface area contributed by atoms with Gasteiger partial charge in [-0.05, 0) is 18.2 Å². The highest BCUT2D eigenvalue weighted by atomic mass is 79.9. The average Bonchev–Trinajstić information content (AvgIpc) is 2.74. The monoisotopic (exact) mass is 308 g/mol. The van der Waals surface area contributed by atoms with E-state index < -0.39 is 5.97 Å². The fourth-order valence-electron chi connectivity index (χ4n) is 1.48. The SMILES string of the molecule is O=C(O)c1cc2c(C#CCCBr)cccc2s1. The van der Waals surface area contributed by atoms with Gasteiger partial charge in [0.15, 0.2) is 0 Å². The number of aromatic carboxylic acids is 1. The Morgan fingerprint density at radius 1 is 1.47 bits per heavy atom. The van der Waals surface area contributed by atoms with Gasteiger partial charge in [0.25, 0.3) is 0 Å². The molecule has 0 atom stereocenters. The summed E-state index contributed by atoms with van der Waals surface area (Å²) in [4.78, 5) is 11.3. The molecule has 1 heterocycles. The smallest absolute Gasteiger partial charge is 0.345 e. The van der Waals surface area contributed by atoms with E-state index in [1.165, 1.54) is 11.3 Å². The fraction of sp³-hybridized carbons (Fsp3) is 0.154. The van der Waals surface area contributed by atoms with E-state index in [1.807, 2.05) is 18.2 Å². The second-order valence-corrected chi connectivity index (χ2v) is 5.25. The second kappa shape index (κ2) is 5.35. The molecule has 1 aromatic carbocycles. The maximum absolute atomic E-state index is 10.9. The van der Waals surface area contributed by atoms with Crippen molar-refractivity contribution in [2.45, 2.75) is 6.42 Å². The van der Waals surface area contributed by atoms with Gasteiger partial charge in [-0.2, -0.15) is 0 Å². The first-order chi connectivity index (χ1) is 8.22. The molecule has 0 fully saturated rings. The molecule has 2 rings (SSSR count). The van der Waals surface area contributed by atoms with Crippen molar-refractivity contribution in [3.8, 4) is 11.8 Å². The zero-order valence-corrected chi connectivity index (χ0v) is 11.3. The minimum atomic E-state index is -0.884. The minimum absolute atomic E-state index is 0.356. The highest BCUT2D eigenvalue weighted by molar-refractivity contribution is 9.09. The standard InChI is InChI=1S/C13H9BrO2S/c14-7-2-1-4-9-5-3-6-11-10(9)8-12(17-11)13(15)16/h3,5-6,8H,2,7H2,(H,15,16). The number of rotatable bonds is 2. The van der Waals surface area contributed by atoms with E-state index in [1.54, 1.807) is 6.07 Å². The molecule has 0 amide bonds. The minimum Gasteiger partial charge on any atom is -0.477 e. The van der Waals surface area contributed by atoms with Crippen molar-refractivity contribution in [1.82, 2.24) is 0 Å². The Balaban J connectivity index is 2.50. The molecular formula is C13H9BrO2S. The normalized spacial score (nSPS) is 9.94. The third-order valence-corrected chi connectivity index (χ3v) is 3.70. The van der Waals surface area contributed by atoms with Crippen molar-refractivity contribution in [2.24, 2.45) is 0 Å². The molecular weight excluding hydrogens is 300 g/mol. The van der Waals surface area contributed by atoms with Crippen LogP contribution in [0.15, 0.2) is 24.3 Å². The second-order valence-electron chi connectivity index (χ2n) is 3.37. The summed E-state index contributed by atoms with van der Waals surface area (Å²) in [6.45, 7) is 0. The molecule has 0 aliphatic carbocycles. The van der Waals surface area contributed by atoms with Crippen molar-refractivity contribution in [3.05, 3.63) is 34.7 Å². The number of fused-ring (bicyclic) bond motifs is 1. The number of thiophene rings is 1. The van der Waals surface area contributed by atoms with Crippen LogP contribution in [-0.2, 0) is 0 Å². The highest BCUT2D eigenvalue weighted by Crippen LogP contribution is 2.28. The summed E-state index contributed by atoms with van der Waals surface area (Å²) in [6, 6.07) is 7.44.